The van der Waals surface area contributed by atoms with Crippen LogP contribution in [0.5, 0.6) is 0 Å². The molecule has 0 aliphatic heterocycles. The Kier molecular flexibility index (Phi) is 8.04. The molecule has 0 aromatic heterocycles. The molecule has 71 heavy (non-hydrogen) atoms. The van der Waals surface area contributed by atoms with E-state index >= 15 is 0 Å². The van der Waals surface area contributed by atoms with Crippen molar-refractivity contribution in [3.8, 4) is 44.5 Å². The van der Waals surface area contributed by atoms with E-state index in [0.29, 0.717) is 0 Å². The van der Waals surface area contributed by atoms with E-state index in [-0.39, 0.29) is 5.41 Å². The summed E-state index contributed by atoms with van der Waals surface area (Å²) in [4.78, 5) is 2.64. The second-order valence-corrected chi connectivity index (χ2v) is 20.6. The molecular formula is C70H47N. The number of anilines is 3. The van der Waals surface area contributed by atoms with Gasteiger partial charge in [-0.25, -0.2) is 0 Å². The maximum absolute atomic E-state index is 2.64. The first-order valence-corrected chi connectivity index (χ1v) is 25.5. The number of fused-ring (bicyclic) bond motifs is 22. The number of benzene rings is 12. The zero-order chi connectivity index (χ0) is 46.4. The van der Waals surface area contributed by atoms with Crippen molar-refractivity contribution in [1.82, 2.24) is 0 Å². The summed E-state index contributed by atoms with van der Waals surface area (Å²) < 4.78 is 0. The maximum atomic E-state index is 2.64. The molecule has 4 aliphatic carbocycles. The lowest BCUT2D eigenvalue weighted by Gasteiger charge is -2.34. The van der Waals surface area contributed by atoms with Gasteiger partial charge in [-0.15, -0.1) is 0 Å². The zero-order valence-electron chi connectivity index (χ0n) is 39.3. The molecule has 1 heteroatoms. The van der Waals surface area contributed by atoms with Gasteiger partial charge in [-0.3, -0.25) is 0 Å². The third kappa shape index (κ3) is 5.20. The van der Waals surface area contributed by atoms with Crippen molar-refractivity contribution in [2.45, 2.75) is 36.5 Å². The highest BCUT2D eigenvalue weighted by Crippen LogP contribution is 2.65. The van der Waals surface area contributed by atoms with Gasteiger partial charge in [0.25, 0.3) is 0 Å². The summed E-state index contributed by atoms with van der Waals surface area (Å²) in [6.45, 7) is 0. The number of hydrogen-bond acceptors (Lipinski definition) is 1. The van der Waals surface area contributed by atoms with Gasteiger partial charge in [-0.05, 0) is 171 Å². The quantitative estimate of drug-likeness (QED) is 0.159. The molecule has 1 fully saturated rings. The largest absolute Gasteiger partial charge is 0.310 e. The van der Waals surface area contributed by atoms with E-state index in [1.165, 1.54) is 158 Å². The smallest absolute Gasteiger partial charge is 0.0726 e. The molecule has 0 amide bonds. The molecule has 332 valence electrons. The van der Waals surface area contributed by atoms with Crippen LogP contribution in [0.3, 0.4) is 0 Å². The molecule has 0 heterocycles. The summed E-state index contributed by atoms with van der Waals surface area (Å²) in [6, 6.07) is 90.7. The van der Waals surface area contributed by atoms with E-state index < -0.39 is 5.41 Å². The summed E-state index contributed by atoms with van der Waals surface area (Å²) in [5, 5.41) is 10.1. The van der Waals surface area contributed by atoms with Crippen LogP contribution in [-0.4, -0.2) is 0 Å². The molecule has 0 N–H and O–H groups in total. The highest BCUT2D eigenvalue weighted by Gasteiger charge is 2.52. The van der Waals surface area contributed by atoms with Crippen LogP contribution < -0.4 is 4.90 Å². The summed E-state index contributed by atoms with van der Waals surface area (Å²) in [7, 11) is 0. The first-order chi connectivity index (χ1) is 35.2. The van der Waals surface area contributed by atoms with E-state index in [4.69, 9.17) is 0 Å². The molecule has 12 aromatic carbocycles. The monoisotopic (exact) mass is 901 g/mol. The Morgan fingerprint density at radius 2 is 0.761 bits per heavy atom. The van der Waals surface area contributed by atoms with Crippen LogP contribution in [0, 0.1) is 0 Å². The zero-order valence-corrected chi connectivity index (χ0v) is 39.3. The van der Waals surface area contributed by atoms with Gasteiger partial charge < -0.3 is 4.90 Å². The van der Waals surface area contributed by atoms with E-state index in [2.05, 4.69) is 241 Å². The summed E-state index contributed by atoms with van der Waals surface area (Å²) in [5.74, 6) is 0. The van der Waals surface area contributed by atoms with E-state index in [0.717, 1.165) is 5.69 Å². The number of nitrogens with zero attached hydrogens (tertiary/aromatic N) is 1. The third-order valence-corrected chi connectivity index (χ3v) is 17.4. The first kappa shape index (κ1) is 39.3. The molecule has 0 atom stereocenters. The summed E-state index contributed by atoms with van der Waals surface area (Å²) in [5.41, 5.74) is 21.8. The Bertz CT molecular complexity index is 4180. The van der Waals surface area contributed by atoms with Gasteiger partial charge in [-0.2, -0.15) is 0 Å². The van der Waals surface area contributed by atoms with Crippen LogP contribution in [0.1, 0.15) is 59.1 Å². The highest BCUT2D eigenvalue weighted by molar-refractivity contribution is 6.26. The van der Waals surface area contributed by atoms with Crippen LogP contribution in [0.4, 0.5) is 17.1 Å². The van der Waals surface area contributed by atoms with Gasteiger partial charge >= 0.3 is 0 Å². The van der Waals surface area contributed by atoms with Crippen molar-refractivity contribution in [1.29, 1.82) is 0 Å². The molecule has 1 saturated carbocycles. The summed E-state index contributed by atoms with van der Waals surface area (Å²) in [6.07, 6.45) is 4.85. The molecule has 16 rings (SSSR count). The lowest BCUT2D eigenvalue weighted by atomic mass is 9.70. The van der Waals surface area contributed by atoms with Crippen LogP contribution >= 0.6 is 0 Å². The molecule has 0 saturated heterocycles. The van der Waals surface area contributed by atoms with Crippen molar-refractivity contribution >= 4 is 60.2 Å². The minimum atomic E-state index is -0.507. The summed E-state index contributed by atoms with van der Waals surface area (Å²) >= 11 is 0. The minimum absolute atomic E-state index is 0.00813. The Hall–Kier alpha value is -8.52. The van der Waals surface area contributed by atoms with E-state index in [9.17, 15) is 0 Å². The molecule has 0 bridgehead atoms. The molecule has 1 nitrogen and oxygen atoms in total. The van der Waals surface area contributed by atoms with Crippen molar-refractivity contribution in [3.63, 3.8) is 0 Å². The Morgan fingerprint density at radius 1 is 0.282 bits per heavy atom. The average molecular weight is 902 g/mol. The van der Waals surface area contributed by atoms with Crippen molar-refractivity contribution in [2.24, 2.45) is 0 Å². The number of hydrogen-bond donors (Lipinski definition) is 0. The van der Waals surface area contributed by atoms with Crippen LogP contribution in [-0.2, 0) is 10.8 Å². The average Bonchev–Trinajstić information content (AvgIpc) is 4.20. The Morgan fingerprint density at radius 3 is 1.41 bits per heavy atom. The SMILES string of the molecule is c1ccc2c(c1)-c1ccc(N(c3ccc4c5ccccc5c5ccccc5c4c3)c3cc4c(cc3-c3ccc5ccccc5c3)-c3ccccc3C43c4ccccc4-c4ccccc43)cc1C21CCCC1. The number of rotatable bonds is 4. The second kappa shape index (κ2) is 14.5. The van der Waals surface area contributed by atoms with E-state index in [1.807, 2.05) is 0 Å². The van der Waals surface area contributed by atoms with Gasteiger partial charge in [0.2, 0.25) is 0 Å². The van der Waals surface area contributed by atoms with E-state index in [1.54, 1.807) is 0 Å². The fourth-order valence-corrected chi connectivity index (χ4v) is 14.5. The van der Waals surface area contributed by atoms with Crippen LogP contribution in [0.15, 0.2) is 237 Å². The molecular weight excluding hydrogens is 855 g/mol. The lowest BCUT2D eigenvalue weighted by molar-refractivity contribution is 0.550. The fraction of sp³-hybridized carbons (Fsp3) is 0.0857. The molecule has 12 aromatic rings. The molecule has 2 spiro atoms. The maximum Gasteiger partial charge on any atom is 0.0726 e. The standard InChI is InChI=1S/C70H47N/c1-2-18-45-39-46(32-31-44(45)17-1)59-42-61-57-26-10-14-30-65(57)70(63-28-12-8-24-55(63)56-25-9-13-29-64(56)70)67(61)43-68(59)71(48-34-36-58-54-23-7-11-27-62(54)69(66(58)41-48)37-15-16-38-69)47-33-35-53-51-21-4-3-19-49(51)50-20-5-6-22-52(50)60(53)40-47/h1-14,17-36,39-43H,15-16,37-38H2. The Labute approximate surface area is 413 Å². The first-order valence-electron chi connectivity index (χ1n) is 25.5. The van der Waals surface area contributed by atoms with Crippen molar-refractivity contribution < 1.29 is 0 Å². The molecule has 0 radical (unpaired) electrons. The van der Waals surface area contributed by atoms with Gasteiger partial charge in [0.05, 0.1) is 11.1 Å². The molecule has 4 aliphatic rings. The normalized spacial score (nSPS) is 15.0. The Balaban J connectivity index is 1.05. The molecule has 0 unspecified atom stereocenters. The lowest BCUT2D eigenvalue weighted by Crippen LogP contribution is -2.26. The van der Waals surface area contributed by atoms with Crippen LogP contribution in [0.2, 0.25) is 0 Å². The predicted octanol–water partition coefficient (Wildman–Crippen LogP) is 18.6. The van der Waals surface area contributed by atoms with Gasteiger partial charge in [0, 0.05) is 22.4 Å². The topological polar surface area (TPSA) is 3.24 Å². The predicted molar refractivity (Wildman–Crippen MR) is 298 cm³/mol. The van der Waals surface area contributed by atoms with Gasteiger partial charge in [0.15, 0.2) is 0 Å². The van der Waals surface area contributed by atoms with Gasteiger partial charge in [-0.1, -0.05) is 207 Å². The van der Waals surface area contributed by atoms with Crippen LogP contribution in [0.25, 0.3) is 87.6 Å². The van der Waals surface area contributed by atoms with Crippen molar-refractivity contribution in [3.05, 3.63) is 270 Å². The third-order valence-electron chi connectivity index (χ3n) is 17.4. The van der Waals surface area contributed by atoms with Gasteiger partial charge in [0.1, 0.15) is 0 Å². The minimum Gasteiger partial charge on any atom is -0.310 e. The highest BCUT2D eigenvalue weighted by atomic mass is 15.1. The second-order valence-electron chi connectivity index (χ2n) is 20.6. The fourth-order valence-electron chi connectivity index (χ4n) is 14.5. The van der Waals surface area contributed by atoms with Crippen molar-refractivity contribution in [2.75, 3.05) is 4.90 Å².